The van der Waals surface area contributed by atoms with Crippen molar-refractivity contribution < 1.29 is 4.39 Å². The van der Waals surface area contributed by atoms with Crippen LogP contribution in [0.4, 0.5) is 4.39 Å². The molecule has 4 rings (SSSR count). The maximum atomic E-state index is 13.1. The van der Waals surface area contributed by atoms with Crippen LogP contribution in [-0.2, 0) is 6.54 Å². The Morgan fingerprint density at radius 3 is 2.55 bits per heavy atom. The zero-order chi connectivity index (χ0) is 13.5. The number of nitrogens with one attached hydrogen (secondary N) is 1. The van der Waals surface area contributed by atoms with Crippen LogP contribution < -0.4 is 5.32 Å². The van der Waals surface area contributed by atoms with E-state index in [9.17, 15) is 4.39 Å². The fourth-order valence-electron chi connectivity index (χ4n) is 2.65. The third kappa shape index (κ3) is 2.36. The van der Waals surface area contributed by atoms with Crippen molar-refractivity contribution in [2.75, 3.05) is 0 Å². The minimum Gasteiger partial charge on any atom is -0.310 e. The molecule has 3 nitrogen and oxygen atoms in total. The van der Waals surface area contributed by atoms with Crippen molar-refractivity contribution in [3.05, 3.63) is 47.5 Å². The molecule has 4 heteroatoms. The normalized spacial score (nSPS) is 18.4. The number of rotatable bonds is 5. The highest BCUT2D eigenvalue weighted by atomic mass is 19.1. The molecule has 0 atom stereocenters. The van der Waals surface area contributed by atoms with Gasteiger partial charge in [-0.3, -0.25) is 0 Å². The molecule has 2 aliphatic rings. The average Bonchev–Trinajstić information content (AvgIpc) is 3.37. The topological polar surface area (TPSA) is 29.9 Å². The summed E-state index contributed by atoms with van der Waals surface area (Å²) in [6.07, 6.45) is 7.04. The summed E-state index contributed by atoms with van der Waals surface area (Å²) >= 11 is 0. The smallest absolute Gasteiger partial charge is 0.123 e. The van der Waals surface area contributed by atoms with E-state index in [0.29, 0.717) is 12.0 Å². The Morgan fingerprint density at radius 1 is 1.15 bits per heavy atom. The van der Waals surface area contributed by atoms with Crippen molar-refractivity contribution in [1.29, 1.82) is 0 Å². The van der Waals surface area contributed by atoms with E-state index in [0.717, 1.165) is 12.2 Å². The Hall–Kier alpha value is -1.68. The zero-order valence-corrected chi connectivity index (χ0v) is 11.3. The summed E-state index contributed by atoms with van der Waals surface area (Å²) < 4.78 is 15.0. The Bertz CT molecular complexity index is 609. The van der Waals surface area contributed by atoms with Gasteiger partial charge in [-0.1, -0.05) is 0 Å². The van der Waals surface area contributed by atoms with E-state index >= 15 is 0 Å². The molecule has 0 radical (unpaired) electrons. The summed E-state index contributed by atoms with van der Waals surface area (Å²) in [5, 5.41) is 8.09. The van der Waals surface area contributed by atoms with Gasteiger partial charge in [0, 0.05) is 24.1 Å². The standard InChI is InChI=1S/C16H18FN3/c17-13-3-7-15(8-4-13)20-16(11-1-2-11)12(10-19-20)9-18-14-5-6-14/h3-4,7-8,10-11,14,18H,1-2,5-6,9H2. The molecular formula is C16H18FN3. The Morgan fingerprint density at radius 2 is 1.90 bits per heavy atom. The van der Waals surface area contributed by atoms with Gasteiger partial charge < -0.3 is 5.32 Å². The highest BCUT2D eigenvalue weighted by Crippen LogP contribution is 2.42. The van der Waals surface area contributed by atoms with Crippen molar-refractivity contribution >= 4 is 0 Å². The van der Waals surface area contributed by atoms with Crippen LogP contribution in [-0.4, -0.2) is 15.8 Å². The molecule has 1 aromatic heterocycles. The fraction of sp³-hybridized carbons (Fsp3) is 0.438. The molecule has 0 aliphatic heterocycles. The van der Waals surface area contributed by atoms with E-state index in [1.54, 1.807) is 12.1 Å². The predicted molar refractivity (Wildman–Crippen MR) is 75.4 cm³/mol. The lowest BCUT2D eigenvalue weighted by atomic mass is 10.1. The van der Waals surface area contributed by atoms with E-state index in [4.69, 9.17) is 0 Å². The van der Waals surface area contributed by atoms with Crippen LogP contribution in [0.1, 0.15) is 42.9 Å². The Labute approximate surface area is 117 Å². The molecule has 1 heterocycles. The van der Waals surface area contributed by atoms with Gasteiger partial charge in [-0.15, -0.1) is 0 Å². The van der Waals surface area contributed by atoms with Gasteiger partial charge in [0.15, 0.2) is 0 Å². The highest BCUT2D eigenvalue weighted by molar-refractivity contribution is 5.38. The minimum absolute atomic E-state index is 0.204. The number of halogens is 1. The fourth-order valence-corrected chi connectivity index (χ4v) is 2.65. The second-order valence-electron chi connectivity index (χ2n) is 5.87. The van der Waals surface area contributed by atoms with Crippen LogP contribution >= 0.6 is 0 Å². The van der Waals surface area contributed by atoms with Crippen molar-refractivity contribution in [3.63, 3.8) is 0 Å². The number of hydrogen-bond acceptors (Lipinski definition) is 2. The number of aromatic nitrogens is 2. The largest absolute Gasteiger partial charge is 0.310 e. The van der Waals surface area contributed by atoms with Crippen LogP contribution in [0.3, 0.4) is 0 Å². The molecule has 0 spiro atoms. The molecule has 2 aromatic rings. The zero-order valence-electron chi connectivity index (χ0n) is 11.3. The molecule has 2 aliphatic carbocycles. The van der Waals surface area contributed by atoms with Crippen LogP contribution in [0, 0.1) is 5.82 Å². The second-order valence-corrected chi connectivity index (χ2v) is 5.87. The first-order valence-corrected chi connectivity index (χ1v) is 7.37. The molecule has 0 amide bonds. The Kier molecular flexibility index (Phi) is 2.84. The van der Waals surface area contributed by atoms with Gasteiger partial charge in [-0.25, -0.2) is 9.07 Å². The molecule has 0 bridgehead atoms. The van der Waals surface area contributed by atoms with E-state index in [-0.39, 0.29) is 5.82 Å². The lowest BCUT2D eigenvalue weighted by Crippen LogP contribution is -2.16. The molecule has 2 saturated carbocycles. The van der Waals surface area contributed by atoms with Gasteiger partial charge in [0.05, 0.1) is 17.6 Å². The van der Waals surface area contributed by atoms with Gasteiger partial charge in [-0.2, -0.15) is 5.10 Å². The third-order valence-electron chi connectivity index (χ3n) is 4.08. The molecular weight excluding hydrogens is 253 g/mol. The van der Waals surface area contributed by atoms with Crippen molar-refractivity contribution in [3.8, 4) is 5.69 Å². The SMILES string of the molecule is Fc1ccc(-n2ncc(CNC3CC3)c2C2CC2)cc1. The summed E-state index contributed by atoms with van der Waals surface area (Å²) in [7, 11) is 0. The molecule has 2 fully saturated rings. The number of hydrogen-bond donors (Lipinski definition) is 1. The number of benzene rings is 1. The van der Waals surface area contributed by atoms with Crippen molar-refractivity contribution in [2.24, 2.45) is 0 Å². The first kappa shape index (κ1) is 12.1. The Balaban J connectivity index is 1.65. The first-order valence-electron chi connectivity index (χ1n) is 7.37. The van der Waals surface area contributed by atoms with E-state index in [1.165, 1.54) is 49.1 Å². The summed E-state index contributed by atoms with van der Waals surface area (Å²) in [5.74, 6) is 0.419. The summed E-state index contributed by atoms with van der Waals surface area (Å²) in [6.45, 7) is 0.900. The van der Waals surface area contributed by atoms with E-state index in [1.807, 2.05) is 10.9 Å². The van der Waals surface area contributed by atoms with Crippen LogP contribution in [0.5, 0.6) is 0 Å². The molecule has 0 unspecified atom stereocenters. The first-order chi connectivity index (χ1) is 9.81. The molecule has 0 saturated heterocycles. The molecule has 1 aromatic carbocycles. The molecule has 104 valence electrons. The minimum atomic E-state index is -0.204. The molecule has 20 heavy (non-hydrogen) atoms. The summed E-state index contributed by atoms with van der Waals surface area (Å²) in [5.41, 5.74) is 3.56. The monoisotopic (exact) mass is 271 g/mol. The second kappa shape index (κ2) is 4.70. The van der Waals surface area contributed by atoms with Gasteiger partial charge in [-0.05, 0) is 49.9 Å². The predicted octanol–water partition coefficient (Wildman–Crippen LogP) is 3.14. The number of nitrogens with zero attached hydrogens (tertiary/aromatic N) is 2. The van der Waals surface area contributed by atoms with Crippen molar-refractivity contribution in [1.82, 2.24) is 15.1 Å². The van der Waals surface area contributed by atoms with Gasteiger partial charge in [0.2, 0.25) is 0 Å². The van der Waals surface area contributed by atoms with E-state index in [2.05, 4.69) is 10.4 Å². The highest BCUT2D eigenvalue weighted by Gasteiger charge is 2.31. The average molecular weight is 271 g/mol. The van der Waals surface area contributed by atoms with Gasteiger partial charge >= 0.3 is 0 Å². The maximum absolute atomic E-state index is 13.1. The van der Waals surface area contributed by atoms with Crippen LogP contribution in [0.15, 0.2) is 30.5 Å². The quantitative estimate of drug-likeness (QED) is 0.905. The van der Waals surface area contributed by atoms with E-state index < -0.39 is 0 Å². The van der Waals surface area contributed by atoms with Crippen molar-refractivity contribution in [2.45, 2.75) is 44.2 Å². The van der Waals surface area contributed by atoms with Crippen LogP contribution in [0.2, 0.25) is 0 Å². The van der Waals surface area contributed by atoms with Gasteiger partial charge in [0.25, 0.3) is 0 Å². The van der Waals surface area contributed by atoms with Gasteiger partial charge in [0.1, 0.15) is 5.82 Å². The summed E-state index contributed by atoms with van der Waals surface area (Å²) in [6, 6.07) is 7.29. The third-order valence-corrected chi connectivity index (χ3v) is 4.08. The summed E-state index contributed by atoms with van der Waals surface area (Å²) in [4.78, 5) is 0. The lowest BCUT2D eigenvalue weighted by Gasteiger charge is -2.09. The maximum Gasteiger partial charge on any atom is 0.123 e. The van der Waals surface area contributed by atoms with Crippen LogP contribution in [0.25, 0.3) is 5.69 Å². The lowest BCUT2D eigenvalue weighted by molar-refractivity contribution is 0.626. The molecule has 1 N–H and O–H groups in total.